The van der Waals surface area contributed by atoms with Crippen molar-refractivity contribution in [2.45, 2.75) is 25.2 Å². The second-order valence-electron chi connectivity index (χ2n) is 8.82. The maximum atomic E-state index is 13.6. The van der Waals surface area contributed by atoms with Crippen LogP contribution in [0.2, 0.25) is 0 Å². The number of amides is 2. The molecule has 8 nitrogen and oxygen atoms in total. The summed E-state index contributed by atoms with van der Waals surface area (Å²) in [6, 6.07) is 15.0. The molecule has 1 saturated heterocycles. The summed E-state index contributed by atoms with van der Waals surface area (Å²) in [4.78, 5) is 29.2. The summed E-state index contributed by atoms with van der Waals surface area (Å²) in [5, 5.41) is 2.71. The fraction of sp³-hybridized carbons (Fsp3) is 0.250. The molecule has 0 bridgehead atoms. The van der Waals surface area contributed by atoms with Gasteiger partial charge in [-0.15, -0.1) is 0 Å². The second-order valence-corrected chi connectivity index (χ2v) is 9.18. The van der Waals surface area contributed by atoms with E-state index in [1.54, 1.807) is 42.5 Å². The molecule has 1 aliphatic heterocycles. The maximum Gasteiger partial charge on any atom is 0.416 e. The number of carbonyl (C=O) groups excluding carboxylic acids is 2. The Kier molecular flexibility index (Phi) is 8.48. The van der Waals surface area contributed by atoms with E-state index in [1.165, 1.54) is 38.4 Å². The molecule has 40 heavy (non-hydrogen) atoms. The summed E-state index contributed by atoms with van der Waals surface area (Å²) in [6.45, 7) is 0.0842. The van der Waals surface area contributed by atoms with Crippen molar-refractivity contribution in [3.8, 4) is 17.2 Å². The first kappa shape index (κ1) is 28.7. The van der Waals surface area contributed by atoms with E-state index < -0.39 is 29.6 Å². The number of hydrogen-bond acceptors (Lipinski definition) is 6. The van der Waals surface area contributed by atoms with Gasteiger partial charge in [0, 0.05) is 12.2 Å². The number of ether oxygens (including phenoxy) is 3. The van der Waals surface area contributed by atoms with Crippen molar-refractivity contribution < 1.29 is 37.0 Å². The zero-order valence-corrected chi connectivity index (χ0v) is 22.6. The maximum absolute atomic E-state index is 13.6. The highest BCUT2D eigenvalue weighted by Crippen LogP contribution is 2.35. The Labute approximate surface area is 234 Å². The summed E-state index contributed by atoms with van der Waals surface area (Å²) >= 11 is 5.60. The van der Waals surface area contributed by atoms with Crippen molar-refractivity contribution in [2.24, 2.45) is 0 Å². The van der Waals surface area contributed by atoms with Gasteiger partial charge in [-0.3, -0.25) is 14.5 Å². The molecule has 210 valence electrons. The molecule has 0 aliphatic carbocycles. The number of nitrogens with zero attached hydrogens (tertiary/aromatic N) is 2. The van der Waals surface area contributed by atoms with E-state index in [0.29, 0.717) is 28.5 Å². The minimum Gasteiger partial charge on any atom is -0.497 e. The average molecular weight is 574 g/mol. The molecular weight excluding hydrogens is 547 g/mol. The zero-order valence-electron chi connectivity index (χ0n) is 21.8. The van der Waals surface area contributed by atoms with Crippen LogP contribution >= 0.6 is 12.2 Å². The van der Waals surface area contributed by atoms with Crippen LogP contribution in [0.3, 0.4) is 0 Å². The predicted octanol–water partition coefficient (Wildman–Crippen LogP) is 5.26. The van der Waals surface area contributed by atoms with Crippen LogP contribution in [0.15, 0.2) is 66.7 Å². The lowest BCUT2D eigenvalue weighted by molar-refractivity contribution is -0.137. The molecule has 1 fully saturated rings. The minimum absolute atomic E-state index is 0.0265. The van der Waals surface area contributed by atoms with Gasteiger partial charge in [-0.05, 0) is 72.4 Å². The molecule has 0 radical (unpaired) electrons. The van der Waals surface area contributed by atoms with Crippen LogP contribution in [-0.2, 0) is 22.3 Å². The lowest BCUT2D eigenvalue weighted by atomic mass is 10.1. The quantitative estimate of drug-likeness (QED) is 0.350. The van der Waals surface area contributed by atoms with Crippen molar-refractivity contribution in [1.29, 1.82) is 0 Å². The molecule has 1 aliphatic rings. The molecule has 1 N–H and O–H groups in total. The van der Waals surface area contributed by atoms with Crippen LogP contribution in [0, 0.1) is 0 Å². The first-order chi connectivity index (χ1) is 19.0. The van der Waals surface area contributed by atoms with Crippen molar-refractivity contribution >= 4 is 40.5 Å². The van der Waals surface area contributed by atoms with Crippen LogP contribution in [0.5, 0.6) is 17.2 Å². The number of alkyl halides is 3. The highest BCUT2D eigenvalue weighted by molar-refractivity contribution is 7.80. The summed E-state index contributed by atoms with van der Waals surface area (Å²) in [5.74, 6) is 0.448. The summed E-state index contributed by atoms with van der Waals surface area (Å²) < 4.78 is 56.0. The molecule has 1 unspecified atom stereocenters. The fourth-order valence-corrected chi connectivity index (χ4v) is 4.70. The highest BCUT2D eigenvalue weighted by atomic mass is 32.1. The third kappa shape index (κ3) is 6.12. The molecule has 0 saturated carbocycles. The monoisotopic (exact) mass is 573 g/mol. The molecule has 3 aromatic rings. The number of rotatable bonds is 9. The molecule has 1 atom stereocenters. The normalized spacial score (nSPS) is 15.3. The third-order valence-corrected chi connectivity index (χ3v) is 6.72. The first-order valence-corrected chi connectivity index (χ1v) is 12.4. The van der Waals surface area contributed by atoms with Crippen LogP contribution in [0.4, 0.5) is 24.5 Å². The van der Waals surface area contributed by atoms with Crippen molar-refractivity contribution in [1.82, 2.24) is 4.90 Å². The molecule has 0 spiro atoms. The molecule has 3 aromatic carbocycles. The van der Waals surface area contributed by atoms with Crippen molar-refractivity contribution in [3.05, 3.63) is 77.9 Å². The van der Waals surface area contributed by atoms with E-state index in [4.69, 9.17) is 26.4 Å². The van der Waals surface area contributed by atoms with Gasteiger partial charge in [-0.25, -0.2) is 0 Å². The standard InChI is InChI=1S/C28H26F3N3O5S/c1-37-21-10-8-19(9-11-21)32-25(35)15-22-26(36)34(20-6-4-5-18(14-20)28(29,30)31)27(40)33(22)16-17-7-12-23(38-2)24(13-17)39-3/h4-14,22H,15-16H2,1-3H3,(H,32,35). The van der Waals surface area contributed by atoms with Crippen LogP contribution in [-0.4, -0.2) is 49.2 Å². The highest BCUT2D eigenvalue weighted by Gasteiger charge is 2.44. The largest absolute Gasteiger partial charge is 0.497 e. The first-order valence-electron chi connectivity index (χ1n) is 12.0. The molecule has 0 aromatic heterocycles. The number of halogens is 3. The second kappa shape index (κ2) is 11.8. The van der Waals surface area contributed by atoms with Gasteiger partial charge in [0.25, 0.3) is 5.91 Å². The van der Waals surface area contributed by atoms with Gasteiger partial charge >= 0.3 is 6.18 Å². The Morgan fingerprint density at radius 3 is 2.27 bits per heavy atom. The SMILES string of the molecule is COc1ccc(NC(=O)CC2C(=O)N(c3cccc(C(F)(F)F)c3)C(=S)N2Cc2ccc(OC)c(OC)c2)cc1. The van der Waals surface area contributed by atoms with Crippen LogP contribution in [0.25, 0.3) is 0 Å². The van der Waals surface area contributed by atoms with Crippen molar-refractivity contribution in [3.63, 3.8) is 0 Å². The van der Waals surface area contributed by atoms with Gasteiger partial charge in [0.15, 0.2) is 16.6 Å². The number of thiocarbonyl (C=S) groups is 1. The van der Waals surface area contributed by atoms with E-state index >= 15 is 0 Å². The van der Waals surface area contributed by atoms with Gasteiger partial charge in [-0.2, -0.15) is 13.2 Å². The van der Waals surface area contributed by atoms with Crippen LogP contribution in [0.1, 0.15) is 17.5 Å². The Balaban J connectivity index is 1.65. The fourth-order valence-electron chi connectivity index (χ4n) is 4.31. The number of anilines is 2. The van der Waals surface area contributed by atoms with E-state index in [0.717, 1.165) is 17.0 Å². The third-order valence-electron chi connectivity index (χ3n) is 6.30. The topological polar surface area (TPSA) is 80.3 Å². The van der Waals surface area contributed by atoms with Gasteiger partial charge in [-0.1, -0.05) is 12.1 Å². The summed E-state index contributed by atoms with van der Waals surface area (Å²) in [5.41, 5.74) is 0.201. The number of methoxy groups -OCH3 is 3. The Morgan fingerprint density at radius 2 is 1.65 bits per heavy atom. The number of benzene rings is 3. The van der Waals surface area contributed by atoms with Gasteiger partial charge in [0.05, 0.1) is 39.0 Å². The summed E-state index contributed by atoms with van der Waals surface area (Å²) in [6.07, 6.45) is -4.91. The Hall–Kier alpha value is -4.32. The molecular formula is C28H26F3N3O5S. The number of nitrogens with one attached hydrogen (secondary N) is 1. The minimum atomic E-state index is -4.61. The lowest BCUT2D eigenvalue weighted by Gasteiger charge is -2.24. The van der Waals surface area contributed by atoms with Crippen LogP contribution < -0.4 is 24.4 Å². The average Bonchev–Trinajstić information content (AvgIpc) is 3.16. The van der Waals surface area contributed by atoms with Gasteiger partial charge in [0.1, 0.15) is 11.8 Å². The van der Waals surface area contributed by atoms with E-state index in [2.05, 4.69) is 5.32 Å². The zero-order chi connectivity index (χ0) is 29.0. The van der Waals surface area contributed by atoms with E-state index in [9.17, 15) is 22.8 Å². The summed E-state index contributed by atoms with van der Waals surface area (Å²) in [7, 11) is 4.49. The van der Waals surface area contributed by atoms with E-state index in [1.807, 2.05) is 0 Å². The Morgan fingerprint density at radius 1 is 0.950 bits per heavy atom. The molecule has 12 heteroatoms. The molecule has 4 rings (SSSR count). The van der Waals surface area contributed by atoms with Crippen molar-refractivity contribution in [2.75, 3.05) is 31.5 Å². The molecule has 1 heterocycles. The Bertz CT molecular complexity index is 1420. The smallest absolute Gasteiger partial charge is 0.416 e. The van der Waals surface area contributed by atoms with Gasteiger partial charge in [0.2, 0.25) is 5.91 Å². The lowest BCUT2D eigenvalue weighted by Crippen LogP contribution is -2.37. The van der Waals surface area contributed by atoms with Gasteiger partial charge < -0.3 is 24.4 Å². The molecule has 2 amide bonds. The number of carbonyl (C=O) groups is 2. The predicted molar refractivity (Wildman–Crippen MR) is 147 cm³/mol. The number of hydrogen-bond donors (Lipinski definition) is 1. The van der Waals surface area contributed by atoms with E-state index in [-0.39, 0.29) is 23.8 Å².